The molecule has 2 aromatic heterocycles. The average Bonchev–Trinajstić information content (AvgIpc) is 3.08. The highest BCUT2D eigenvalue weighted by molar-refractivity contribution is 7.99. The van der Waals surface area contributed by atoms with Crippen LogP contribution >= 0.6 is 23.1 Å². The van der Waals surface area contributed by atoms with Gasteiger partial charge in [-0.1, -0.05) is 31.7 Å². The largest absolute Gasteiger partial charge is 0.325 e. The van der Waals surface area contributed by atoms with Gasteiger partial charge in [0.2, 0.25) is 5.91 Å². The molecule has 1 amide bonds. The van der Waals surface area contributed by atoms with E-state index in [1.165, 1.54) is 41.3 Å². The lowest BCUT2D eigenvalue weighted by molar-refractivity contribution is -0.113. The van der Waals surface area contributed by atoms with E-state index in [1.54, 1.807) is 10.6 Å². The minimum absolute atomic E-state index is 0.0660. The highest BCUT2D eigenvalue weighted by Gasteiger charge is 2.14. The molecule has 142 valence electrons. The molecule has 1 N–H and O–H groups in total. The SMILES string of the molecule is CC(C)CCn1c(SCC(=O)Nc2cccc(F)c2)nc2ccsc2c1=O. The molecule has 0 unspecified atom stereocenters. The van der Waals surface area contributed by atoms with Crippen molar-refractivity contribution in [1.29, 1.82) is 0 Å². The lowest BCUT2D eigenvalue weighted by atomic mass is 10.1. The molecule has 0 aliphatic heterocycles. The number of fused-ring (bicyclic) bond motifs is 1. The molecule has 0 saturated heterocycles. The standard InChI is InChI=1S/C19H20FN3O2S2/c1-12(2)6-8-23-18(25)17-15(7-9-26-17)22-19(23)27-11-16(24)21-14-5-3-4-13(20)10-14/h3-5,7,9-10,12H,6,8,11H2,1-2H3,(H,21,24). The molecule has 1 aromatic carbocycles. The van der Waals surface area contributed by atoms with Crippen molar-refractivity contribution in [2.24, 2.45) is 5.92 Å². The Balaban J connectivity index is 1.77. The number of nitrogens with zero attached hydrogens (tertiary/aromatic N) is 2. The first-order valence-electron chi connectivity index (χ1n) is 8.60. The summed E-state index contributed by atoms with van der Waals surface area (Å²) in [6.07, 6.45) is 0.849. The van der Waals surface area contributed by atoms with E-state index < -0.39 is 5.82 Å². The molecule has 0 aliphatic rings. The van der Waals surface area contributed by atoms with Crippen LogP contribution in [0.4, 0.5) is 10.1 Å². The van der Waals surface area contributed by atoms with Crippen LogP contribution < -0.4 is 10.9 Å². The van der Waals surface area contributed by atoms with Crippen molar-refractivity contribution in [2.75, 3.05) is 11.1 Å². The van der Waals surface area contributed by atoms with Crippen LogP contribution in [0.15, 0.2) is 45.7 Å². The maximum Gasteiger partial charge on any atom is 0.272 e. The number of hydrogen-bond donors (Lipinski definition) is 1. The fourth-order valence-corrected chi connectivity index (χ4v) is 4.12. The molecule has 2 heterocycles. The van der Waals surface area contributed by atoms with Gasteiger partial charge in [-0.15, -0.1) is 11.3 Å². The number of thioether (sulfide) groups is 1. The van der Waals surface area contributed by atoms with Crippen LogP contribution in [0, 0.1) is 11.7 Å². The molecule has 27 heavy (non-hydrogen) atoms. The van der Waals surface area contributed by atoms with Gasteiger partial charge in [-0.2, -0.15) is 0 Å². The van der Waals surface area contributed by atoms with E-state index in [9.17, 15) is 14.0 Å². The number of nitrogens with one attached hydrogen (secondary N) is 1. The summed E-state index contributed by atoms with van der Waals surface area (Å²) in [7, 11) is 0. The predicted molar refractivity (Wildman–Crippen MR) is 109 cm³/mol. The smallest absolute Gasteiger partial charge is 0.272 e. The maximum absolute atomic E-state index is 13.2. The lowest BCUT2D eigenvalue weighted by Crippen LogP contribution is -2.24. The van der Waals surface area contributed by atoms with E-state index >= 15 is 0 Å². The van der Waals surface area contributed by atoms with Crippen molar-refractivity contribution in [2.45, 2.75) is 32.0 Å². The van der Waals surface area contributed by atoms with Crippen molar-refractivity contribution in [3.63, 3.8) is 0 Å². The van der Waals surface area contributed by atoms with Gasteiger partial charge in [0.1, 0.15) is 10.5 Å². The van der Waals surface area contributed by atoms with Gasteiger partial charge in [0, 0.05) is 12.2 Å². The fraction of sp³-hybridized carbons (Fsp3) is 0.316. The van der Waals surface area contributed by atoms with E-state index in [-0.39, 0.29) is 17.2 Å². The molecule has 0 spiro atoms. The fourth-order valence-electron chi connectivity index (χ4n) is 2.51. The average molecular weight is 406 g/mol. The van der Waals surface area contributed by atoms with Gasteiger partial charge in [-0.05, 0) is 42.0 Å². The molecule has 8 heteroatoms. The number of hydrogen-bond acceptors (Lipinski definition) is 5. The number of aromatic nitrogens is 2. The van der Waals surface area contributed by atoms with E-state index in [0.717, 1.165) is 6.42 Å². The Morgan fingerprint density at radius 3 is 2.93 bits per heavy atom. The molecule has 3 rings (SSSR count). The van der Waals surface area contributed by atoms with Gasteiger partial charge < -0.3 is 5.32 Å². The maximum atomic E-state index is 13.2. The zero-order chi connectivity index (χ0) is 19.4. The minimum atomic E-state index is -0.410. The molecule has 5 nitrogen and oxygen atoms in total. The highest BCUT2D eigenvalue weighted by Crippen LogP contribution is 2.22. The second-order valence-electron chi connectivity index (χ2n) is 6.52. The van der Waals surface area contributed by atoms with Gasteiger partial charge in [0.25, 0.3) is 5.56 Å². The highest BCUT2D eigenvalue weighted by atomic mass is 32.2. The lowest BCUT2D eigenvalue weighted by Gasteiger charge is -2.13. The Morgan fingerprint density at radius 1 is 1.37 bits per heavy atom. The van der Waals surface area contributed by atoms with E-state index in [0.29, 0.717) is 33.5 Å². The van der Waals surface area contributed by atoms with Crippen molar-refractivity contribution < 1.29 is 9.18 Å². The number of anilines is 1. The predicted octanol–water partition coefficient (Wildman–Crippen LogP) is 4.37. The van der Waals surface area contributed by atoms with Crippen LogP contribution in [0.25, 0.3) is 10.2 Å². The number of amides is 1. The normalized spacial score (nSPS) is 11.3. The number of benzene rings is 1. The van der Waals surface area contributed by atoms with Crippen molar-refractivity contribution in [3.05, 3.63) is 51.9 Å². The summed E-state index contributed by atoms with van der Waals surface area (Å²) >= 11 is 2.59. The Labute approximate surface area is 164 Å². The van der Waals surface area contributed by atoms with Gasteiger partial charge >= 0.3 is 0 Å². The zero-order valence-electron chi connectivity index (χ0n) is 15.1. The first-order chi connectivity index (χ1) is 12.9. The van der Waals surface area contributed by atoms with E-state index in [2.05, 4.69) is 24.1 Å². The summed E-state index contributed by atoms with van der Waals surface area (Å²) in [5, 5.41) is 5.03. The van der Waals surface area contributed by atoms with Crippen LogP contribution in [0.1, 0.15) is 20.3 Å². The summed E-state index contributed by atoms with van der Waals surface area (Å²) in [6, 6.07) is 7.55. The van der Waals surface area contributed by atoms with Gasteiger partial charge in [0.15, 0.2) is 5.16 Å². The third-order valence-electron chi connectivity index (χ3n) is 3.90. The second-order valence-corrected chi connectivity index (χ2v) is 8.37. The first kappa shape index (κ1) is 19.6. The number of halogens is 1. The Morgan fingerprint density at radius 2 is 2.19 bits per heavy atom. The van der Waals surface area contributed by atoms with Gasteiger partial charge in [-0.25, -0.2) is 9.37 Å². The summed E-state index contributed by atoms with van der Waals surface area (Å²) in [5.41, 5.74) is 0.988. The molecule has 0 atom stereocenters. The third-order valence-corrected chi connectivity index (χ3v) is 5.77. The van der Waals surface area contributed by atoms with Crippen molar-refractivity contribution >= 4 is 44.9 Å². The first-order valence-corrected chi connectivity index (χ1v) is 10.5. The molecule has 0 saturated carbocycles. The number of thiophene rings is 1. The van der Waals surface area contributed by atoms with Gasteiger partial charge in [0.05, 0.1) is 11.3 Å². The van der Waals surface area contributed by atoms with Gasteiger partial charge in [-0.3, -0.25) is 14.2 Å². The summed E-state index contributed by atoms with van der Waals surface area (Å²) in [5.74, 6) is -0.154. The van der Waals surface area contributed by atoms with Crippen LogP contribution in [0.2, 0.25) is 0 Å². The van der Waals surface area contributed by atoms with Crippen LogP contribution in [0.5, 0.6) is 0 Å². The Hall–Kier alpha value is -2.19. The number of rotatable bonds is 7. The summed E-state index contributed by atoms with van der Waals surface area (Å²) in [6.45, 7) is 4.76. The molecule has 3 aromatic rings. The van der Waals surface area contributed by atoms with Crippen LogP contribution in [0.3, 0.4) is 0 Å². The number of carbonyl (C=O) groups is 1. The topological polar surface area (TPSA) is 64.0 Å². The van der Waals surface area contributed by atoms with E-state index in [4.69, 9.17) is 0 Å². The van der Waals surface area contributed by atoms with E-state index in [1.807, 2.05) is 11.4 Å². The third kappa shape index (κ3) is 4.95. The van der Waals surface area contributed by atoms with Crippen molar-refractivity contribution in [3.8, 4) is 0 Å². The molecule has 0 bridgehead atoms. The zero-order valence-corrected chi connectivity index (χ0v) is 16.7. The van der Waals surface area contributed by atoms with Crippen LogP contribution in [-0.2, 0) is 11.3 Å². The minimum Gasteiger partial charge on any atom is -0.325 e. The molecule has 0 aliphatic carbocycles. The monoisotopic (exact) mass is 405 g/mol. The second kappa shape index (κ2) is 8.67. The number of carbonyl (C=O) groups excluding carboxylic acids is 1. The summed E-state index contributed by atoms with van der Waals surface area (Å²) < 4.78 is 15.5. The van der Waals surface area contributed by atoms with Crippen LogP contribution in [-0.4, -0.2) is 21.2 Å². The van der Waals surface area contributed by atoms with Crippen molar-refractivity contribution in [1.82, 2.24) is 9.55 Å². The molecule has 0 radical (unpaired) electrons. The Kier molecular flexibility index (Phi) is 6.28. The molecular weight excluding hydrogens is 385 g/mol. The Bertz CT molecular complexity index is 1010. The molecule has 0 fully saturated rings. The quantitative estimate of drug-likeness (QED) is 0.468. The molecular formula is C19H20FN3O2S2. The summed E-state index contributed by atoms with van der Waals surface area (Å²) in [4.78, 5) is 29.5.